The first-order valence-electron chi connectivity index (χ1n) is 3.65. The van der Waals surface area contributed by atoms with Gasteiger partial charge in [0.2, 0.25) is 0 Å². The van der Waals surface area contributed by atoms with Gasteiger partial charge in [0.15, 0.2) is 0 Å². The highest BCUT2D eigenvalue weighted by Crippen LogP contribution is 2.32. The van der Waals surface area contributed by atoms with Crippen molar-refractivity contribution in [1.82, 2.24) is 4.98 Å². The van der Waals surface area contributed by atoms with Crippen molar-refractivity contribution in [2.45, 2.75) is 12.8 Å². The quantitative estimate of drug-likeness (QED) is 0.827. The third kappa shape index (κ3) is 1.91. The first-order chi connectivity index (χ1) is 6.57. The summed E-state index contributed by atoms with van der Waals surface area (Å²) in [5.74, 6) is -0.0775. The van der Waals surface area contributed by atoms with E-state index in [2.05, 4.69) is 4.98 Å². The highest BCUT2D eigenvalue weighted by atomic mass is 35.5. The second-order valence-corrected chi connectivity index (χ2v) is 2.93. The van der Waals surface area contributed by atoms with E-state index < -0.39 is 12.0 Å². The highest BCUT2D eigenvalue weighted by molar-refractivity contribution is 6.31. The van der Waals surface area contributed by atoms with Crippen LogP contribution in [0.15, 0.2) is 6.20 Å². The van der Waals surface area contributed by atoms with Crippen molar-refractivity contribution < 1.29 is 8.78 Å². The number of hydrogen-bond acceptors (Lipinski definition) is 3. The lowest BCUT2D eigenvalue weighted by molar-refractivity contribution is 0.150. The normalized spacial score (nSPS) is 10.2. The van der Waals surface area contributed by atoms with Crippen molar-refractivity contribution in [3.8, 4) is 6.07 Å². The highest BCUT2D eigenvalue weighted by Gasteiger charge is 2.19. The summed E-state index contributed by atoms with van der Waals surface area (Å²) >= 11 is 5.52. The van der Waals surface area contributed by atoms with Gasteiger partial charge in [-0.25, -0.2) is 13.8 Å². The van der Waals surface area contributed by atoms with Gasteiger partial charge in [0.05, 0.1) is 17.5 Å². The van der Waals surface area contributed by atoms with Crippen molar-refractivity contribution in [3.05, 3.63) is 22.3 Å². The van der Waals surface area contributed by atoms with Crippen LogP contribution in [0.5, 0.6) is 0 Å². The van der Waals surface area contributed by atoms with Gasteiger partial charge in [-0.05, 0) is 0 Å². The molecule has 0 bridgehead atoms. The maximum Gasteiger partial charge on any atom is 0.265 e. The zero-order valence-corrected chi connectivity index (χ0v) is 7.72. The number of alkyl halides is 2. The maximum absolute atomic E-state index is 12.5. The molecule has 1 rings (SSSR count). The zero-order valence-electron chi connectivity index (χ0n) is 6.97. The van der Waals surface area contributed by atoms with Gasteiger partial charge in [-0.1, -0.05) is 11.6 Å². The molecule has 0 radical (unpaired) electrons. The number of hydrogen-bond donors (Lipinski definition) is 1. The number of nitrogens with zero attached hydrogens (tertiary/aromatic N) is 2. The minimum atomic E-state index is -2.75. The summed E-state index contributed by atoms with van der Waals surface area (Å²) in [4.78, 5) is 3.60. The van der Waals surface area contributed by atoms with E-state index in [4.69, 9.17) is 22.6 Å². The molecule has 3 nitrogen and oxygen atoms in total. The number of rotatable bonds is 2. The number of pyridine rings is 1. The molecule has 0 amide bonds. The van der Waals surface area contributed by atoms with Crippen molar-refractivity contribution in [2.75, 3.05) is 5.73 Å². The minimum Gasteiger partial charge on any atom is -0.383 e. The number of nitrogens with two attached hydrogens (primary N) is 1. The zero-order chi connectivity index (χ0) is 10.7. The average Bonchev–Trinajstić information content (AvgIpc) is 2.11. The lowest BCUT2D eigenvalue weighted by Gasteiger charge is -2.09. The fourth-order valence-corrected chi connectivity index (χ4v) is 1.30. The Morgan fingerprint density at radius 2 is 2.29 bits per heavy atom. The van der Waals surface area contributed by atoms with Gasteiger partial charge < -0.3 is 5.73 Å². The van der Waals surface area contributed by atoms with Crippen molar-refractivity contribution in [2.24, 2.45) is 0 Å². The Balaban J connectivity index is 3.35. The smallest absolute Gasteiger partial charge is 0.265 e. The molecule has 0 saturated heterocycles. The lowest BCUT2D eigenvalue weighted by Crippen LogP contribution is -2.03. The molecule has 0 saturated carbocycles. The average molecular weight is 218 g/mol. The molecule has 0 aliphatic heterocycles. The molecule has 1 heterocycles. The van der Waals surface area contributed by atoms with Gasteiger partial charge in [-0.2, -0.15) is 5.26 Å². The summed E-state index contributed by atoms with van der Waals surface area (Å²) in [7, 11) is 0. The fraction of sp³-hybridized carbons (Fsp3) is 0.250. The number of nitrogen functional groups attached to an aromatic ring is 1. The van der Waals surface area contributed by atoms with Crippen LogP contribution in [0.2, 0.25) is 5.02 Å². The van der Waals surface area contributed by atoms with Crippen LogP contribution in [0.4, 0.5) is 14.6 Å². The first kappa shape index (κ1) is 10.7. The van der Waals surface area contributed by atoms with E-state index in [9.17, 15) is 8.78 Å². The predicted molar refractivity (Wildman–Crippen MR) is 47.9 cm³/mol. The summed E-state index contributed by atoms with van der Waals surface area (Å²) in [6.07, 6.45) is -1.92. The Morgan fingerprint density at radius 1 is 1.64 bits per heavy atom. The molecule has 1 aromatic rings. The molecule has 6 heteroatoms. The summed E-state index contributed by atoms with van der Waals surface area (Å²) in [5.41, 5.74) is 4.97. The monoisotopic (exact) mass is 217 g/mol. The van der Waals surface area contributed by atoms with Crippen LogP contribution in [0.25, 0.3) is 0 Å². The van der Waals surface area contributed by atoms with Crippen LogP contribution in [-0.2, 0) is 6.42 Å². The van der Waals surface area contributed by atoms with Crippen LogP contribution in [0.1, 0.15) is 17.6 Å². The summed E-state index contributed by atoms with van der Waals surface area (Å²) in [6.45, 7) is 0. The molecular weight excluding hydrogens is 212 g/mol. The number of anilines is 1. The molecule has 74 valence electrons. The molecule has 2 N–H and O–H groups in total. The van der Waals surface area contributed by atoms with E-state index in [0.29, 0.717) is 0 Å². The molecule has 1 aromatic heterocycles. The van der Waals surface area contributed by atoms with Gasteiger partial charge in [0.25, 0.3) is 6.43 Å². The van der Waals surface area contributed by atoms with Crippen LogP contribution in [0.3, 0.4) is 0 Å². The molecule has 0 aromatic carbocycles. The van der Waals surface area contributed by atoms with Crippen molar-refractivity contribution >= 4 is 17.4 Å². The van der Waals surface area contributed by atoms with Crippen molar-refractivity contribution in [3.63, 3.8) is 0 Å². The predicted octanol–water partition coefficient (Wildman–Crippen LogP) is 2.32. The van der Waals surface area contributed by atoms with Crippen LogP contribution in [0, 0.1) is 11.3 Å². The minimum absolute atomic E-state index is 0.00926. The van der Waals surface area contributed by atoms with E-state index in [1.54, 1.807) is 6.07 Å². The Kier molecular flexibility index (Phi) is 3.20. The standard InChI is InChI=1S/C8H6ClF2N3/c9-5-3-14-8(13)4(1-2-12)6(5)7(10)11/h3,7H,1H2,(H2,13,14). The van der Waals surface area contributed by atoms with Gasteiger partial charge in [-0.15, -0.1) is 0 Å². The summed E-state index contributed by atoms with van der Waals surface area (Å²) in [5, 5.41) is 8.25. The molecular formula is C8H6ClF2N3. The Labute approximate surface area is 84.1 Å². The molecule has 0 aliphatic rings. The Morgan fingerprint density at radius 3 is 2.79 bits per heavy atom. The van der Waals surface area contributed by atoms with E-state index in [1.165, 1.54) is 0 Å². The van der Waals surface area contributed by atoms with E-state index >= 15 is 0 Å². The molecule has 0 atom stereocenters. The van der Waals surface area contributed by atoms with Crippen LogP contribution < -0.4 is 5.73 Å². The molecule has 0 spiro atoms. The van der Waals surface area contributed by atoms with E-state index in [-0.39, 0.29) is 22.8 Å². The third-order valence-corrected chi connectivity index (χ3v) is 1.98. The number of halogens is 3. The van der Waals surface area contributed by atoms with Crippen LogP contribution >= 0.6 is 11.6 Å². The Bertz CT molecular complexity index is 387. The van der Waals surface area contributed by atoms with Gasteiger partial charge in [-0.3, -0.25) is 0 Å². The second-order valence-electron chi connectivity index (χ2n) is 2.52. The Hall–Kier alpha value is -1.41. The molecule has 0 fully saturated rings. The van der Waals surface area contributed by atoms with E-state index in [0.717, 1.165) is 6.20 Å². The fourth-order valence-electron chi connectivity index (χ4n) is 1.06. The topological polar surface area (TPSA) is 62.7 Å². The lowest BCUT2D eigenvalue weighted by atomic mass is 10.1. The molecule has 0 unspecified atom stereocenters. The van der Waals surface area contributed by atoms with Crippen molar-refractivity contribution in [1.29, 1.82) is 5.26 Å². The third-order valence-electron chi connectivity index (χ3n) is 1.68. The van der Waals surface area contributed by atoms with Gasteiger partial charge in [0, 0.05) is 17.3 Å². The molecule has 14 heavy (non-hydrogen) atoms. The maximum atomic E-state index is 12.5. The second kappa shape index (κ2) is 4.20. The van der Waals surface area contributed by atoms with Gasteiger partial charge in [0.1, 0.15) is 5.82 Å². The van der Waals surface area contributed by atoms with Gasteiger partial charge >= 0.3 is 0 Å². The SMILES string of the molecule is N#CCc1c(N)ncc(Cl)c1C(F)F. The summed E-state index contributed by atoms with van der Waals surface area (Å²) < 4.78 is 25.0. The van der Waals surface area contributed by atoms with E-state index in [1.807, 2.05) is 0 Å². The largest absolute Gasteiger partial charge is 0.383 e. The number of aromatic nitrogens is 1. The number of nitriles is 1. The molecule has 0 aliphatic carbocycles. The van der Waals surface area contributed by atoms with Crippen LogP contribution in [-0.4, -0.2) is 4.98 Å². The summed E-state index contributed by atoms with van der Waals surface area (Å²) in [6, 6.07) is 1.74. The first-order valence-corrected chi connectivity index (χ1v) is 4.03.